The maximum Gasteiger partial charge on any atom is 0.312 e. The lowest BCUT2D eigenvalue weighted by atomic mass is 9.50. The second kappa shape index (κ2) is 12.2. The molecule has 8 rings (SSSR count). The average Bonchev–Trinajstić information content (AvgIpc) is 3.64. The summed E-state index contributed by atoms with van der Waals surface area (Å²) in [5, 5.41) is 22.7. The first kappa shape index (κ1) is 37.1. The summed E-state index contributed by atoms with van der Waals surface area (Å²) in [6.45, 7) is 13.1. The molecule has 10 nitrogen and oxygen atoms in total. The highest BCUT2D eigenvalue weighted by atomic mass is 16.6. The van der Waals surface area contributed by atoms with Gasteiger partial charge in [-0.15, -0.1) is 0 Å². The zero-order valence-electron chi connectivity index (χ0n) is 32.0. The van der Waals surface area contributed by atoms with Crippen LogP contribution >= 0.6 is 0 Å². The lowest BCUT2D eigenvalue weighted by Crippen LogP contribution is -2.67. The summed E-state index contributed by atoms with van der Waals surface area (Å²) >= 11 is 0. The predicted molar refractivity (Wildman–Crippen MR) is 186 cm³/mol. The van der Waals surface area contributed by atoms with Crippen molar-refractivity contribution in [3.05, 3.63) is 0 Å². The van der Waals surface area contributed by atoms with Crippen molar-refractivity contribution >= 4 is 23.9 Å². The molecule has 2 N–H and O–H groups in total. The van der Waals surface area contributed by atoms with E-state index in [4.69, 9.17) is 18.9 Å². The number of hydrogen-bond acceptors (Lipinski definition) is 10. The Kier molecular flexibility index (Phi) is 8.85. The van der Waals surface area contributed by atoms with Crippen molar-refractivity contribution in [1.82, 2.24) is 0 Å². The van der Waals surface area contributed by atoms with Crippen molar-refractivity contribution in [3.63, 3.8) is 0 Å². The number of aliphatic hydroxyl groups is 2. The van der Waals surface area contributed by atoms with Crippen molar-refractivity contribution in [2.45, 2.75) is 186 Å². The summed E-state index contributed by atoms with van der Waals surface area (Å²) in [6, 6.07) is 0. The van der Waals surface area contributed by atoms with E-state index in [0.717, 1.165) is 32.1 Å². The number of hydrogen-bond donors (Lipinski definition) is 2. The average molecular weight is 715 g/mol. The molecule has 8 fully saturated rings. The van der Waals surface area contributed by atoms with Gasteiger partial charge in [-0.3, -0.25) is 19.2 Å². The van der Waals surface area contributed by atoms with E-state index in [9.17, 15) is 29.4 Å². The maximum atomic E-state index is 14.7. The van der Waals surface area contributed by atoms with Crippen LogP contribution in [0.25, 0.3) is 0 Å². The minimum atomic E-state index is -1.32. The minimum absolute atomic E-state index is 0.0362. The van der Waals surface area contributed by atoms with Crippen molar-refractivity contribution in [2.24, 2.45) is 45.8 Å². The second-order valence-corrected chi connectivity index (χ2v) is 20.3. The molecule has 1 aliphatic heterocycles. The molecule has 0 spiro atoms. The van der Waals surface area contributed by atoms with E-state index in [-0.39, 0.29) is 54.4 Å². The Morgan fingerprint density at radius 1 is 0.824 bits per heavy atom. The molecule has 51 heavy (non-hydrogen) atoms. The van der Waals surface area contributed by atoms with E-state index in [1.807, 2.05) is 27.7 Å². The van der Waals surface area contributed by atoms with Crippen LogP contribution in [0.2, 0.25) is 0 Å². The number of rotatable bonds is 12. The molecule has 0 radical (unpaired) electrons. The molecule has 9 atom stereocenters. The van der Waals surface area contributed by atoms with Gasteiger partial charge in [0.1, 0.15) is 23.4 Å². The van der Waals surface area contributed by atoms with Gasteiger partial charge in [-0.1, -0.05) is 26.2 Å². The van der Waals surface area contributed by atoms with Gasteiger partial charge in [0, 0.05) is 31.1 Å². The third kappa shape index (κ3) is 6.54. The van der Waals surface area contributed by atoms with Gasteiger partial charge >= 0.3 is 23.9 Å². The number of ether oxygens (including phenoxy) is 4. The Morgan fingerprint density at radius 2 is 1.47 bits per heavy atom. The number of carbonyl (C=O) groups is 4. The van der Waals surface area contributed by atoms with Gasteiger partial charge in [-0.25, -0.2) is 0 Å². The van der Waals surface area contributed by atoms with Gasteiger partial charge < -0.3 is 29.2 Å². The topological polar surface area (TPSA) is 146 Å². The van der Waals surface area contributed by atoms with Crippen LogP contribution in [0.4, 0.5) is 0 Å². The lowest BCUT2D eigenvalue weighted by Gasteiger charge is -2.62. The fourth-order valence-electron chi connectivity index (χ4n) is 12.7. The molecule has 1 saturated heterocycles. The van der Waals surface area contributed by atoms with Crippen LogP contribution in [-0.2, 0) is 38.1 Å². The Bertz CT molecular complexity index is 1430. The molecule has 6 bridgehead atoms. The van der Waals surface area contributed by atoms with E-state index in [1.165, 1.54) is 6.42 Å². The molecular formula is C41H62O10. The molecule has 7 aliphatic carbocycles. The zero-order chi connectivity index (χ0) is 37.0. The fraction of sp³-hybridized carbons (Fsp3) is 0.902. The quantitative estimate of drug-likeness (QED) is 0.173. The van der Waals surface area contributed by atoms with Gasteiger partial charge in [0.15, 0.2) is 0 Å². The third-order valence-electron chi connectivity index (χ3n) is 14.8. The fourth-order valence-corrected chi connectivity index (χ4v) is 12.7. The molecular weight excluding hydrogens is 652 g/mol. The van der Waals surface area contributed by atoms with Crippen LogP contribution in [0, 0.1) is 45.8 Å². The van der Waals surface area contributed by atoms with Gasteiger partial charge in [-0.2, -0.15) is 0 Å². The Balaban J connectivity index is 1.13. The molecule has 286 valence electrons. The minimum Gasteiger partial charge on any atom is -0.459 e. The highest BCUT2D eigenvalue weighted by Crippen LogP contribution is 2.61. The van der Waals surface area contributed by atoms with E-state index >= 15 is 0 Å². The van der Waals surface area contributed by atoms with Crippen LogP contribution in [0.15, 0.2) is 0 Å². The standard InChI is InChI=1S/C41H62O10/c1-8-37(6,34(45)50-36(4,5)26-12-10-9-11-13-26)20-38(7,33(44)49-29-25-14-27-28(15-25)31(42)48-30(27)29)19-35(2,3)32(43)51-41-18-24-16-39(46,22-41)21-40(47,17-24)23-41/h24-30,46-47H,8-23H2,1-7H3. The summed E-state index contributed by atoms with van der Waals surface area (Å²) in [6.07, 6.45) is 9.09. The molecule has 0 aromatic carbocycles. The largest absolute Gasteiger partial charge is 0.459 e. The highest BCUT2D eigenvalue weighted by molar-refractivity contribution is 5.83. The first-order valence-corrected chi connectivity index (χ1v) is 20.0. The van der Waals surface area contributed by atoms with Crippen LogP contribution < -0.4 is 0 Å². The van der Waals surface area contributed by atoms with Crippen molar-refractivity contribution in [3.8, 4) is 0 Å². The molecule has 0 aromatic rings. The van der Waals surface area contributed by atoms with Crippen LogP contribution in [0.5, 0.6) is 0 Å². The number of carbonyl (C=O) groups excluding carboxylic acids is 4. The molecule has 9 unspecified atom stereocenters. The normalized spacial score (nSPS) is 40.8. The summed E-state index contributed by atoms with van der Waals surface area (Å²) in [5.41, 5.74) is -7.32. The Hall–Kier alpha value is -2.20. The smallest absolute Gasteiger partial charge is 0.312 e. The van der Waals surface area contributed by atoms with Crippen molar-refractivity contribution in [1.29, 1.82) is 0 Å². The SMILES string of the molecule is CCC(C)(CC(C)(CC(C)(C)C(=O)OC12CC3CC(O)(CC(O)(C3)C1)C2)C(=O)OC1C2CC3C(=O)OC1C3C2)C(=O)OC(C)(C)C1CCCCC1. The predicted octanol–water partition coefficient (Wildman–Crippen LogP) is 6.35. The van der Waals surface area contributed by atoms with Crippen molar-refractivity contribution < 1.29 is 48.3 Å². The molecule has 10 heteroatoms. The summed E-state index contributed by atoms with van der Waals surface area (Å²) < 4.78 is 24.8. The monoisotopic (exact) mass is 714 g/mol. The molecule has 8 aliphatic rings. The molecule has 1 heterocycles. The Labute approximate surface area is 303 Å². The lowest BCUT2D eigenvalue weighted by molar-refractivity contribution is -0.264. The maximum absolute atomic E-state index is 14.7. The number of esters is 4. The number of fused-ring (bicyclic) bond motifs is 1. The highest BCUT2D eigenvalue weighted by Gasteiger charge is 2.66. The van der Waals surface area contributed by atoms with E-state index in [0.29, 0.717) is 51.4 Å². The summed E-state index contributed by atoms with van der Waals surface area (Å²) in [7, 11) is 0. The Morgan fingerprint density at radius 3 is 2.08 bits per heavy atom. The van der Waals surface area contributed by atoms with E-state index in [1.54, 1.807) is 20.8 Å². The van der Waals surface area contributed by atoms with Gasteiger partial charge in [0.05, 0.1) is 33.4 Å². The summed E-state index contributed by atoms with van der Waals surface area (Å²) in [4.78, 5) is 55.7. The molecule has 0 amide bonds. The van der Waals surface area contributed by atoms with Crippen LogP contribution in [-0.4, -0.2) is 68.7 Å². The second-order valence-electron chi connectivity index (χ2n) is 20.3. The van der Waals surface area contributed by atoms with Crippen LogP contribution in [0.1, 0.15) is 151 Å². The first-order valence-electron chi connectivity index (χ1n) is 20.0. The van der Waals surface area contributed by atoms with Crippen LogP contribution in [0.3, 0.4) is 0 Å². The van der Waals surface area contributed by atoms with E-state index in [2.05, 4.69) is 0 Å². The van der Waals surface area contributed by atoms with E-state index < -0.39 is 62.8 Å². The van der Waals surface area contributed by atoms with Gasteiger partial charge in [-0.05, 0) is 118 Å². The third-order valence-corrected chi connectivity index (χ3v) is 14.8. The van der Waals surface area contributed by atoms with Gasteiger partial charge in [0.2, 0.25) is 0 Å². The first-order chi connectivity index (χ1) is 23.6. The van der Waals surface area contributed by atoms with Gasteiger partial charge in [0.25, 0.3) is 0 Å². The molecule has 0 aromatic heterocycles. The molecule has 7 saturated carbocycles. The summed E-state index contributed by atoms with van der Waals surface area (Å²) in [5.74, 6) is -1.27. The zero-order valence-corrected chi connectivity index (χ0v) is 32.0. The van der Waals surface area contributed by atoms with Crippen molar-refractivity contribution in [2.75, 3.05) is 0 Å².